The molecule has 1 aromatic rings. The quantitative estimate of drug-likeness (QED) is 0.817. The summed E-state index contributed by atoms with van der Waals surface area (Å²) < 4.78 is 27.7. The summed E-state index contributed by atoms with van der Waals surface area (Å²) in [7, 11) is 4.90. The molecule has 0 amide bonds. The fourth-order valence-corrected chi connectivity index (χ4v) is 4.70. The lowest BCUT2D eigenvalue weighted by atomic mass is 10.2. The zero-order chi connectivity index (χ0) is 16.5. The van der Waals surface area contributed by atoms with Crippen LogP contribution in [0.1, 0.15) is 10.1 Å². The Labute approximate surface area is 146 Å². The summed E-state index contributed by atoms with van der Waals surface area (Å²) in [6.07, 6.45) is 0. The van der Waals surface area contributed by atoms with Crippen molar-refractivity contribution in [2.75, 3.05) is 59.3 Å². The average molecular weight is 360 g/mol. The van der Waals surface area contributed by atoms with E-state index in [9.17, 15) is 0 Å². The van der Waals surface area contributed by atoms with E-state index in [1.54, 1.807) is 21.3 Å². The fraction of sp³-hybridized carbons (Fsp3) is 0.625. The standard InChI is InChI=1S/C16H24O5S2/c1-17-13-10-12(11-14(18-2)15(13)19-3)16-22-8-6-20-4-5-21-7-9-23-16/h10-11,16H,4-9H2,1-3H3. The third-order valence-electron chi connectivity index (χ3n) is 3.33. The van der Waals surface area contributed by atoms with Gasteiger partial charge in [0.2, 0.25) is 5.75 Å². The van der Waals surface area contributed by atoms with E-state index in [1.807, 2.05) is 35.7 Å². The Balaban J connectivity index is 2.21. The molecular weight excluding hydrogens is 336 g/mol. The molecule has 23 heavy (non-hydrogen) atoms. The van der Waals surface area contributed by atoms with Crippen LogP contribution >= 0.6 is 23.5 Å². The van der Waals surface area contributed by atoms with E-state index in [-0.39, 0.29) is 4.58 Å². The first-order valence-electron chi connectivity index (χ1n) is 7.48. The minimum atomic E-state index is 0.272. The number of benzene rings is 1. The smallest absolute Gasteiger partial charge is 0.203 e. The molecule has 0 aliphatic carbocycles. The van der Waals surface area contributed by atoms with Crippen LogP contribution < -0.4 is 14.2 Å². The molecule has 1 aromatic carbocycles. The largest absolute Gasteiger partial charge is 0.493 e. The van der Waals surface area contributed by atoms with Gasteiger partial charge in [0.15, 0.2) is 11.5 Å². The van der Waals surface area contributed by atoms with E-state index >= 15 is 0 Å². The van der Waals surface area contributed by atoms with Gasteiger partial charge in [0.05, 0.1) is 52.3 Å². The van der Waals surface area contributed by atoms with Gasteiger partial charge in [-0.2, -0.15) is 0 Å². The number of hydrogen-bond acceptors (Lipinski definition) is 7. The molecule has 2 rings (SSSR count). The summed E-state index contributed by atoms with van der Waals surface area (Å²) in [5.74, 6) is 3.87. The first-order chi connectivity index (χ1) is 11.3. The summed E-state index contributed by atoms with van der Waals surface area (Å²) >= 11 is 3.73. The maximum absolute atomic E-state index is 5.55. The Bertz CT molecular complexity index is 447. The van der Waals surface area contributed by atoms with Crippen LogP contribution in [-0.2, 0) is 9.47 Å². The van der Waals surface area contributed by atoms with Crippen molar-refractivity contribution in [3.8, 4) is 17.2 Å². The van der Waals surface area contributed by atoms with Crippen LogP contribution in [0.5, 0.6) is 17.2 Å². The van der Waals surface area contributed by atoms with Gasteiger partial charge in [0.1, 0.15) is 0 Å². The van der Waals surface area contributed by atoms with E-state index in [0.717, 1.165) is 30.3 Å². The second-order valence-corrected chi connectivity index (χ2v) is 7.48. The molecule has 0 radical (unpaired) electrons. The molecule has 0 saturated carbocycles. The molecular formula is C16H24O5S2. The summed E-state index contributed by atoms with van der Waals surface area (Å²) in [6, 6.07) is 4.04. The molecule has 1 heterocycles. The summed E-state index contributed by atoms with van der Waals surface area (Å²) in [6.45, 7) is 2.80. The first-order valence-corrected chi connectivity index (χ1v) is 9.58. The van der Waals surface area contributed by atoms with Gasteiger partial charge in [0.25, 0.3) is 0 Å². The SMILES string of the molecule is COc1cc(C2SCCOCCOCCS2)cc(OC)c1OC. The van der Waals surface area contributed by atoms with Crippen molar-refractivity contribution < 1.29 is 23.7 Å². The Kier molecular flexibility index (Phi) is 8.22. The van der Waals surface area contributed by atoms with Crippen LogP contribution in [0.2, 0.25) is 0 Å². The highest BCUT2D eigenvalue weighted by Gasteiger charge is 2.20. The van der Waals surface area contributed by atoms with Crippen molar-refractivity contribution in [2.45, 2.75) is 4.58 Å². The molecule has 1 fully saturated rings. The Morgan fingerprint density at radius 3 is 1.78 bits per heavy atom. The summed E-state index contributed by atoms with van der Waals surface area (Å²) in [4.78, 5) is 0. The van der Waals surface area contributed by atoms with Crippen molar-refractivity contribution in [1.82, 2.24) is 0 Å². The van der Waals surface area contributed by atoms with Crippen LogP contribution in [0, 0.1) is 0 Å². The molecule has 0 unspecified atom stereocenters. The minimum Gasteiger partial charge on any atom is -0.493 e. The first kappa shape index (κ1) is 18.6. The molecule has 7 heteroatoms. The van der Waals surface area contributed by atoms with Gasteiger partial charge in [0, 0.05) is 11.5 Å². The average Bonchev–Trinajstić information content (AvgIpc) is 2.65. The zero-order valence-corrected chi connectivity index (χ0v) is 15.5. The fourth-order valence-electron chi connectivity index (χ4n) is 2.23. The molecule has 130 valence electrons. The number of thioether (sulfide) groups is 2. The van der Waals surface area contributed by atoms with Gasteiger partial charge in [-0.15, -0.1) is 23.5 Å². The number of rotatable bonds is 4. The second-order valence-electron chi connectivity index (χ2n) is 4.76. The van der Waals surface area contributed by atoms with Crippen LogP contribution in [0.3, 0.4) is 0 Å². The number of hydrogen-bond donors (Lipinski definition) is 0. The predicted octanol–water partition coefficient (Wildman–Crippen LogP) is 3.22. The third kappa shape index (κ3) is 5.38. The molecule has 0 bridgehead atoms. The van der Waals surface area contributed by atoms with E-state index in [4.69, 9.17) is 23.7 Å². The highest BCUT2D eigenvalue weighted by molar-refractivity contribution is 8.16. The molecule has 0 atom stereocenters. The molecule has 5 nitrogen and oxygen atoms in total. The van der Waals surface area contributed by atoms with E-state index < -0.39 is 0 Å². The lowest BCUT2D eigenvalue weighted by molar-refractivity contribution is 0.0606. The van der Waals surface area contributed by atoms with Crippen molar-refractivity contribution in [3.05, 3.63) is 17.7 Å². The predicted molar refractivity (Wildman–Crippen MR) is 95.4 cm³/mol. The van der Waals surface area contributed by atoms with Crippen molar-refractivity contribution >= 4 is 23.5 Å². The number of methoxy groups -OCH3 is 3. The van der Waals surface area contributed by atoms with Gasteiger partial charge in [-0.05, 0) is 17.7 Å². The van der Waals surface area contributed by atoms with Gasteiger partial charge < -0.3 is 23.7 Å². The lowest BCUT2D eigenvalue weighted by Gasteiger charge is -2.20. The molecule has 0 N–H and O–H groups in total. The molecule has 1 aliphatic rings. The van der Waals surface area contributed by atoms with Crippen LogP contribution in [0.25, 0.3) is 0 Å². The second kappa shape index (κ2) is 10.2. The Morgan fingerprint density at radius 1 is 0.826 bits per heavy atom. The topological polar surface area (TPSA) is 46.2 Å². The monoisotopic (exact) mass is 360 g/mol. The van der Waals surface area contributed by atoms with E-state index in [2.05, 4.69) is 0 Å². The van der Waals surface area contributed by atoms with Crippen LogP contribution in [-0.4, -0.2) is 59.3 Å². The zero-order valence-electron chi connectivity index (χ0n) is 13.8. The van der Waals surface area contributed by atoms with Gasteiger partial charge in [-0.3, -0.25) is 0 Å². The number of ether oxygens (including phenoxy) is 5. The van der Waals surface area contributed by atoms with Crippen LogP contribution in [0.4, 0.5) is 0 Å². The molecule has 0 spiro atoms. The van der Waals surface area contributed by atoms with Crippen molar-refractivity contribution in [1.29, 1.82) is 0 Å². The van der Waals surface area contributed by atoms with E-state index in [0.29, 0.717) is 30.5 Å². The maximum Gasteiger partial charge on any atom is 0.203 e. The Morgan fingerprint density at radius 2 is 1.35 bits per heavy atom. The van der Waals surface area contributed by atoms with Crippen molar-refractivity contribution in [3.63, 3.8) is 0 Å². The van der Waals surface area contributed by atoms with Crippen molar-refractivity contribution in [2.24, 2.45) is 0 Å². The normalized spacial score (nSPS) is 18.0. The highest BCUT2D eigenvalue weighted by atomic mass is 32.2. The van der Waals surface area contributed by atoms with Crippen LogP contribution in [0.15, 0.2) is 12.1 Å². The van der Waals surface area contributed by atoms with Gasteiger partial charge in [-0.25, -0.2) is 0 Å². The highest BCUT2D eigenvalue weighted by Crippen LogP contribution is 2.46. The molecule has 0 aromatic heterocycles. The molecule has 1 saturated heterocycles. The molecule has 1 aliphatic heterocycles. The summed E-state index contributed by atoms with van der Waals surface area (Å²) in [5.41, 5.74) is 1.15. The lowest BCUT2D eigenvalue weighted by Crippen LogP contribution is -2.07. The van der Waals surface area contributed by atoms with Gasteiger partial charge in [-0.1, -0.05) is 0 Å². The summed E-state index contributed by atoms with van der Waals surface area (Å²) in [5, 5.41) is 0. The van der Waals surface area contributed by atoms with Gasteiger partial charge >= 0.3 is 0 Å². The van der Waals surface area contributed by atoms with E-state index in [1.165, 1.54) is 0 Å². The third-order valence-corrected chi connectivity index (χ3v) is 6.10. The minimum absolute atomic E-state index is 0.272. The maximum atomic E-state index is 5.55. The Hall–Kier alpha value is -0.760.